The molecule has 12 heteroatoms. The first kappa shape index (κ1) is 123. The maximum atomic E-state index is 13.2. The third kappa shape index (κ3) is 24.0. The molecule has 1 aliphatic heterocycles. The van der Waals surface area contributed by atoms with Crippen molar-refractivity contribution in [3.8, 4) is 0 Å². The molecule has 0 aromatic rings. The molecule has 18 aliphatic carbocycles. The highest BCUT2D eigenvalue weighted by molar-refractivity contribution is 5.80. The van der Waals surface area contributed by atoms with E-state index in [1.165, 1.54) is 96.8 Å². The van der Waals surface area contributed by atoms with Crippen LogP contribution in [0.15, 0.2) is 0 Å². The Kier molecular flexibility index (Phi) is 46.9. The van der Waals surface area contributed by atoms with E-state index < -0.39 is 5.60 Å². The van der Waals surface area contributed by atoms with Crippen molar-refractivity contribution < 1.29 is 57.9 Å². The van der Waals surface area contributed by atoms with Crippen LogP contribution < -0.4 is 0 Å². The number of rotatable bonds is 9. The normalized spacial score (nSPS) is 43.9. The van der Waals surface area contributed by atoms with E-state index in [1.807, 2.05) is 48.5 Å². The van der Waals surface area contributed by atoms with Crippen LogP contribution >= 0.6 is 0 Å². The maximum absolute atomic E-state index is 13.2. The van der Waals surface area contributed by atoms with E-state index in [4.69, 9.17) is 23.7 Å². The Morgan fingerprint density at radius 2 is 0.721 bits per heavy atom. The van der Waals surface area contributed by atoms with E-state index in [-0.39, 0.29) is 191 Å². The van der Waals surface area contributed by atoms with Crippen LogP contribution in [0.1, 0.15) is 418 Å². The summed E-state index contributed by atoms with van der Waals surface area (Å²) in [6, 6.07) is 0. The molecule has 1 spiro atoms. The van der Waals surface area contributed by atoms with Crippen LogP contribution in [0.4, 0.5) is 0 Å². The summed E-state index contributed by atoms with van der Waals surface area (Å²) in [5, 5.41) is 19.6. The summed E-state index contributed by atoms with van der Waals surface area (Å²) in [5.74, 6) is 25.1. The fraction of sp³-hybridized carbons (Fsp3) is 0.955. The Morgan fingerprint density at radius 1 is 0.385 bits per heavy atom. The predicted molar refractivity (Wildman–Crippen MR) is 523 cm³/mol. The second kappa shape index (κ2) is 46.4. The van der Waals surface area contributed by atoms with E-state index >= 15 is 0 Å². The van der Waals surface area contributed by atoms with Crippen molar-refractivity contribution in [3.05, 3.63) is 0 Å². The maximum Gasteiger partial charge on any atom is 0.312 e. The molecule has 19 aliphatic rings. The lowest BCUT2D eigenvalue weighted by molar-refractivity contribution is -0.204. The van der Waals surface area contributed by atoms with Crippen LogP contribution in [0.25, 0.3) is 0 Å². The molecule has 1 saturated heterocycles. The minimum absolute atomic E-state index is 0. The molecule has 122 heavy (non-hydrogen) atoms. The Morgan fingerprint density at radius 3 is 1.02 bits per heavy atom. The predicted octanol–water partition coefficient (Wildman–Crippen LogP) is 30.1. The SMILES string of the molecule is C.C.C.C.C.C.C.C.C.C.C.C.C.C.CC(=O)OC1CC2CC1C(C)C2C.CC1C2CC(C(=O)OC(C)(C)C)C(C2)C1C.CC1C2CC(C(=O)OC(C)(C)C34CC5CC(CC(C5)C3)C4)C(C2)C1C.CC1C2CC(C1C)C(C(C)(C)O)C2.CC1C2CC(C1C)C1(CCOC1=O)C2.CC1C2CC(O)C(C2)C1C.CCC(C)(C)OC(=O)C1CC2CC1C(C)C2C. The Balaban J connectivity index is -0.00000135. The number of hydrogen-bond donors (Lipinski definition) is 2. The van der Waals surface area contributed by atoms with Crippen LogP contribution in [0, 0.1) is 218 Å². The van der Waals surface area contributed by atoms with Gasteiger partial charge in [-0.3, -0.25) is 24.0 Å². The molecule has 18 saturated carbocycles. The second-order valence-electron chi connectivity index (χ2n) is 45.2. The molecule has 18 bridgehead atoms. The molecule has 35 atom stereocenters. The van der Waals surface area contributed by atoms with Crippen molar-refractivity contribution in [1.29, 1.82) is 0 Å². The number of aliphatic hydroxyl groups is 2. The van der Waals surface area contributed by atoms with E-state index in [1.54, 1.807) is 0 Å². The number of ether oxygens (including phenoxy) is 5. The monoisotopic (exact) mass is 1730 g/mol. The van der Waals surface area contributed by atoms with Crippen molar-refractivity contribution in [1.82, 2.24) is 0 Å². The molecular weight excluding hydrogens is 1510 g/mol. The molecule has 12 nitrogen and oxygen atoms in total. The molecule has 1 heterocycles. The van der Waals surface area contributed by atoms with Crippen LogP contribution in [0.2, 0.25) is 0 Å². The Hall–Kier alpha value is -2.73. The third-order valence-electron chi connectivity index (χ3n) is 38.0. The summed E-state index contributed by atoms with van der Waals surface area (Å²) in [6.07, 6.45) is 27.2. The van der Waals surface area contributed by atoms with Crippen LogP contribution in [0.5, 0.6) is 0 Å². The zero-order valence-corrected chi connectivity index (χ0v) is 73.1. The smallest absolute Gasteiger partial charge is 0.312 e. The van der Waals surface area contributed by atoms with Gasteiger partial charge in [0, 0.05) is 12.3 Å². The quantitative estimate of drug-likeness (QED) is 0.166. The lowest BCUT2D eigenvalue weighted by atomic mass is 9.46. The molecule has 19 rings (SSSR count). The van der Waals surface area contributed by atoms with E-state index in [9.17, 15) is 34.2 Å². The lowest BCUT2D eigenvalue weighted by Crippen LogP contribution is -2.57. The fourth-order valence-corrected chi connectivity index (χ4v) is 29.9. The number of carbonyl (C=O) groups is 5. The van der Waals surface area contributed by atoms with Gasteiger partial charge in [0.15, 0.2) is 0 Å². The minimum Gasteiger partial charge on any atom is -0.465 e. The standard InChI is InChI=1S/C23H36O2.C15H26O2.C14H24O2.C12H18O2.C12H22O.C11H18O2.C9H16O.14CH4/c1-13-14(2)19-8-18(13)9-20(19)21(24)25-22(3,4)23-10-15-5-16(11-23)7-17(6-15)12-23;1-6-15(4,5)17-14(16)13-8-11-7-12(13)10(3)9(11)2;1-8-9(2)11-6-10(8)7-12(11)13(15)16-14(3,4)5;1-7-8(2)10-5-9(7)6-12(10)3-4-14-11(12)13;1-7-8(2)10-5-9(7)6-11(10)12(3,4)13;1-6-7(2)10-4-9(6)5-11(10)13-8(3)12;1-5-6(2)8-3-7(5)4-9(8)10;;;;;;;;;;;;;;/h13-20H,5-12H2,1-4H3;9-13H,6-8H2,1-5H3;8-12H,6-7H2,1-5H3;7-10H,3-6H2,1-2H3;7-11,13H,5-6H2,1-4H3;6-7,9-11H,4-5H2,1-3H3;5-10H,3-4H2,1-2H3;14*1H4. The number of esters is 5. The summed E-state index contributed by atoms with van der Waals surface area (Å²) in [6.45, 7) is 55.3. The minimum atomic E-state index is -0.451. The van der Waals surface area contributed by atoms with Gasteiger partial charge in [-0.15, -0.1) is 0 Å². The van der Waals surface area contributed by atoms with Crippen molar-refractivity contribution in [2.45, 2.75) is 453 Å². The summed E-state index contributed by atoms with van der Waals surface area (Å²) < 4.78 is 28.1. The molecule has 2 N–H and O–H groups in total. The van der Waals surface area contributed by atoms with Gasteiger partial charge in [0.2, 0.25) is 0 Å². The number of cyclic esters (lactones) is 1. The van der Waals surface area contributed by atoms with Crippen molar-refractivity contribution in [2.75, 3.05) is 6.61 Å². The second-order valence-corrected chi connectivity index (χ2v) is 45.2. The van der Waals surface area contributed by atoms with Gasteiger partial charge in [-0.25, -0.2) is 0 Å². The van der Waals surface area contributed by atoms with Gasteiger partial charge < -0.3 is 33.9 Å². The van der Waals surface area contributed by atoms with Gasteiger partial charge in [-0.2, -0.15) is 0 Å². The first-order valence-corrected chi connectivity index (χ1v) is 45.7. The number of aliphatic hydroxyl groups excluding tert-OH is 1. The Labute approximate surface area is 760 Å². The average molecular weight is 1730 g/mol. The molecule has 0 aromatic carbocycles. The summed E-state index contributed by atoms with van der Waals surface area (Å²) in [5.41, 5.74) is -1.14. The molecule has 0 radical (unpaired) electrons. The summed E-state index contributed by atoms with van der Waals surface area (Å²) >= 11 is 0. The van der Waals surface area contributed by atoms with Gasteiger partial charge in [-0.1, -0.05) is 208 Å². The van der Waals surface area contributed by atoms with Crippen molar-refractivity contribution in [3.63, 3.8) is 0 Å². The summed E-state index contributed by atoms with van der Waals surface area (Å²) in [4.78, 5) is 60.2. The van der Waals surface area contributed by atoms with E-state index in [2.05, 4.69) is 118 Å². The number of carbonyl (C=O) groups excluding carboxylic acids is 5. The van der Waals surface area contributed by atoms with Crippen LogP contribution in [0.3, 0.4) is 0 Å². The highest BCUT2D eigenvalue weighted by atomic mass is 16.6. The first-order valence-electron chi connectivity index (χ1n) is 45.7. The first-order chi connectivity index (χ1) is 50.3. The fourth-order valence-electron chi connectivity index (χ4n) is 29.9. The molecular formula is C110H216O12. The zero-order valence-electron chi connectivity index (χ0n) is 73.1. The number of hydrogen-bond acceptors (Lipinski definition) is 12. The highest BCUT2D eigenvalue weighted by Gasteiger charge is 2.65. The van der Waals surface area contributed by atoms with E-state index in [0.29, 0.717) is 65.8 Å². The zero-order chi connectivity index (χ0) is 79.0. The topological polar surface area (TPSA) is 172 Å². The third-order valence-corrected chi connectivity index (χ3v) is 38.0. The average Bonchev–Trinajstić information content (AvgIpc) is 1.63. The van der Waals surface area contributed by atoms with Gasteiger partial charge >= 0.3 is 29.8 Å². The Bertz CT molecular complexity index is 3100. The van der Waals surface area contributed by atoms with Crippen molar-refractivity contribution in [2.24, 2.45) is 218 Å². The summed E-state index contributed by atoms with van der Waals surface area (Å²) in [7, 11) is 0. The highest BCUT2D eigenvalue weighted by Crippen LogP contribution is 2.67. The van der Waals surface area contributed by atoms with Gasteiger partial charge in [0.05, 0.1) is 41.5 Å². The van der Waals surface area contributed by atoms with Crippen LogP contribution in [-0.2, 0) is 47.7 Å². The van der Waals surface area contributed by atoms with Gasteiger partial charge in [-0.05, 0) is 393 Å². The van der Waals surface area contributed by atoms with Crippen molar-refractivity contribution >= 4 is 29.8 Å². The largest absolute Gasteiger partial charge is 0.465 e. The molecule has 35 unspecified atom stereocenters. The molecule has 19 fully saturated rings. The van der Waals surface area contributed by atoms with Crippen LogP contribution in [-0.4, -0.2) is 81.3 Å². The number of fused-ring (bicyclic) bond motifs is 15. The van der Waals surface area contributed by atoms with E-state index in [0.717, 1.165) is 182 Å². The van der Waals surface area contributed by atoms with Gasteiger partial charge in [0.1, 0.15) is 22.9 Å². The molecule has 728 valence electrons. The lowest BCUT2D eigenvalue weighted by Gasteiger charge is -2.61. The molecule has 0 amide bonds. The molecule has 0 aromatic heterocycles. The van der Waals surface area contributed by atoms with Gasteiger partial charge in [0.25, 0.3) is 0 Å².